The minimum absolute atomic E-state index is 0.150. The maximum atomic E-state index is 6.51. The average Bonchev–Trinajstić information content (AvgIpc) is 3.26. The van der Waals surface area contributed by atoms with E-state index in [1.165, 1.54) is 0 Å². The number of imidazole rings is 1. The number of nitrogens with zero attached hydrogens (tertiary/aromatic N) is 4. The summed E-state index contributed by atoms with van der Waals surface area (Å²) in [5, 5.41) is 0.294. The van der Waals surface area contributed by atoms with E-state index in [9.17, 15) is 0 Å². The lowest BCUT2D eigenvalue weighted by atomic mass is 10.2. The Balaban J connectivity index is 1.86. The van der Waals surface area contributed by atoms with E-state index in [1.807, 2.05) is 24.5 Å². The van der Waals surface area contributed by atoms with E-state index in [0.717, 1.165) is 56.5 Å². The zero-order valence-electron chi connectivity index (χ0n) is 17.1. The summed E-state index contributed by atoms with van der Waals surface area (Å²) in [5.41, 5.74) is 2.23. The van der Waals surface area contributed by atoms with Gasteiger partial charge in [-0.2, -0.15) is 0 Å². The van der Waals surface area contributed by atoms with Crippen LogP contribution in [0.4, 0.5) is 0 Å². The average molecular weight is 413 g/mol. The van der Waals surface area contributed by atoms with E-state index in [4.69, 9.17) is 25.7 Å². The standard InChI is InChI=1S/C22H25ClN4O2/c1-4-5-6-7-10-17-24-19-20(23)25-21(16-13-14(2)15(3)29-16)26-22(19)27(17)18-11-8-9-12-28-18/h13,18H,4-6,8-9,11-12H2,1-3H3. The predicted molar refractivity (Wildman–Crippen MR) is 113 cm³/mol. The van der Waals surface area contributed by atoms with Crippen LogP contribution < -0.4 is 0 Å². The molecule has 1 atom stereocenters. The zero-order chi connectivity index (χ0) is 20.4. The molecule has 3 aromatic rings. The molecule has 4 heterocycles. The van der Waals surface area contributed by atoms with E-state index >= 15 is 0 Å². The second-order valence-corrected chi connectivity index (χ2v) is 7.75. The van der Waals surface area contributed by atoms with Gasteiger partial charge in [0.05, 0.1) is 0 Å². The number of halogens is 1. The van der Waals surface area contributed by atoms with E-state index in [2.05, 4.69) is 28.7 Å². The van der Waals surface area contributed by atoms with Gasteiger partial charge in [0.25, 0.3) is 0 Å². The Morgan fingerprint density at radius 3 is 2.79 bits per heavy atom. The number of unbranched alkanes of at least 4 members (excludes halogenated alkanes) is 2. The van der Waals surface area contributed by atoms with Crippen molar-refractivity contribution >= 4 is 22.8 Å². The molecular formula is C22H25ClN4O2. The Bertz CT molecular complexity index is 1060. The summed E-state index contributed by atoms with van der Waals surface area (Å²) in [4.78, 5) is 13.9. The van der Waals surface area contributed by atoms with Gasteiger partial charge in [-0.15, -0.1) is 0 Å². The highest BCUT2D eigenvalue weighted by Gasteiger charge is 2.25. The topological polar surface area (TPSA) is 66.0 Å². The Kier molecular flexibility index (Phi) is 5.89. The molecule has 1 aliphatic heterocycles. The summed E-state index contributed by atoms with van der Waals surface area (Å²) >= 11 is 6.51. The number of furan rings is 1. The van der Waals surface area contributed by atoms with Crippen molar-refractivity contribution in [2.45, 2.75) is 65.5 Å². The third kappa shape index (κ3) is 4.03. The molecule has 0 N–H and O–H groups in total. The molecule has 1 unspecified atom stereocenters. The summed E-state index contributed by atoms with van der Waals surface area (Å²) in [6.45, 7) is 6.78. The highest BCUT2D eigenvalue weighted by molar-refractivity contribution is 6.33. The van der Waals surface area contributed by atoms with Crippen molar-refractivity contribution in [3.8, 4) is 23.4 Å². The van der Waals surface area contributed by atoms with E-state index in [1.54, 1.807) is 0 Å². The number of ether oxygens (including phenoxy) is 1. The number of hydrogen-bond donors (Lipinski definition) is 0. The van der Waals surface area contributed by atoms with E-state index < -0.39 is 0 Å². The van der Waals surface area contributed by atoms with Gasteiger partial charge in [0.2, 0.25) is 0 Å². The first-order valence-electron chi connectivity index (χ1n) is 10.2. The van der Waals surface area contributed by atoms with Crippen LogP contribution in [0.1, 0.15) is 68.8 Å². The monoisotopic (exact) mass is 412 g/mol. The number of rotatable bonds is 4. The van der Waals surface area contributed by atoms with Gasteiger partial charge in [-0.25, -0.2) is 15.0 Å². The summed E-state index contributed by atoms with van der Waals surface area (Å²) < 4.78 is 13.8. The lowest BCUT2D eigenvalue weighted by molar-refractivity contribution is -0.0302. The molecule has 1 saturated heterocycles. The fraction of sp³-hybridized carbons (Fsp3) is 0.500. The largest absolute Gasteiger partial charge is 0.458 e. The van der Waals surface area contributed by atoms with Crippen molar-refractivity contribution < 1.29 is 9.15 Å². The molecule has 0 amide bonds. The lowest BCUT2D eigenvalue weighted by Crippen LogP contribution is -2.19. The van der Waals surface area contributed by atoms with Gasteiger partial charge in [0.1, 0.15) is 17.5 Å². The fourth-order valence-corrected chi connectivity index (χ4v) is 3.64. The van der Waals surface area contributed by atoms with Gasteiger partial charge in [-0.05, 0) is 57.1 Å². The molecule has 152 valence electrons. The molecule has 0 bridgehead atoms. The minimum atomic E-state index is -0.150. The quantitative estimate of drug-likeness (QED) is 0.317. The molecule has 1 aliphatic rings. The summed E-state index contributed by atoms with van der Waals surface area (Å²) in [6.07, 6.45) is 5.91. The highest BCUT2D eigenvalue weighted by Crippen LogP contribution is 2.32. The first kappa shape index (κ1) is 19.9. The first-order valence-corrected chi connectivity index (χ1v) is 10.6. The molecule has 4 rings (SSSR count). The molecule has 3 aromatic heterocycles. The minimum Gasteiger partial charge on any atom is -0.458 e. The van der Waals surface area contributed by atoms with Gasteiger partial charge in [-0.1, -0.05) is 30.9 Å². The van der Waals surface area contributed by atoms with Crippen LogP contribution >= 0.6 is 11.6 Å². The van der Waals surface area contributed by atoms with Crippen molar-refractivity contribution in [3.05, 3.63) is 28.4 Å². The van der Waals surface area contributed by atoms with E-state index in [-0.39, 0.29) is 6.23 Å². The van der Waals surface area contributed by atoms with Crippen LogP contribution in [0.25, 0.3) is 22.7 Å². The van der Waals surface area contributed by atoms with Crippen LogP contribution in [-0.2, 0) is 4.74 Å². The number of hydrogen-bond acceptors (Lipinski definition) is 5. The molecule has 7 heteroatoms. The first-order chi connectivity index (χ1) is 14.1. The maximum absolute atomic E-state index is 6.51. The van der Waals surface area contributed by atoms with Gasteiger partial charge < -0.3 is 9.15 Å². The molecule has 0 saturated carbocycles. The molecule has 29 heavy (non-hydrogen) atoms. The second-order valence-electron chi connectivity index (χ2n) is 7.39. The fourth-order valence-electron chi connectivity index (χ4n) is 3.43. The highest BCUT2D eigenvalue weighted by atomic mass is 35.5. The summed E-state index contributed by atoms with van der Waals surface area (Å²) in [7, 11) is 0. The SMILES string of the molecule is CCCCC#Cc1nc2c(Cl)nc(-c3cc(C)c(C)o3)nc2n1C1CCCCO1. The van der Waals surface area contributed by atoms with Crippen molar-refractivity contribution in [2.24, 2.45) is 0 Å². The molecule has 1 fully saturated rings. The predicted octanol–water partition coefficient (Wildman–Crippen LogP) is 5.60. The third-order valence-corrected chi connectivity index (χ3v) is 5.45. The third-order valence-electron chi connectivity index (χ3n) is 5.18. The summed E-state index contributed by atoms with van der Waals surface area (Å²) in [6, 6.07) is 1.93. The van der Waals surface area contributed by atoms with Crippen LogP contribution in [0, 0.1) is 25.7 Å². The van der Waals surface area contributed by atoms with Gasteiger partial charge in [-0.3, -0.25) is 4.57 Å². The molecule has 6 nitrogen and oxygen atoms in total. The number of fused-ring (bicyclic) bond motifs is 1. The van der Waals surface area contributed by atoms with Crippen LogP contribution in [-0.4, -0.2) is 26.1 Å². The smallest absolute Gasteiger partial charge is 0.199 e. The van der Waals surface area contributed by atoms with Crippen LogP contribution in [0.15, 0.2) is 10.5 Å². The van der Waals surface area contributed by atoms with Crippen LogP contribution in [0.2, 0.25) is 5.15 Å². The Hall–Kier alpha value is -2.36. The molecule has 0 aliphatic carbocycles. The zero-order valence-corrected chi connectivity index (χ0v) is 17.8. The molecule has 0 spiro atoms. The number of aromatic nitrogens is 4. The lowest BCUT2D eigenvalue weighted by Gasteiger charge is -2.24. The van der Waals surface area contributed by atoms with Crippen molar-refractivity contribution in [3.63, 3.8) is 0 Å². The molecule has 0 aromatic carbocycles. The van der Waals surface area contributed by atoms with E-state index in [0.29, 0.717) is 33.7 Å². The maximum Gasteiger partial charge on any atom is 0.199 e. The van der Waals surface area contributed by atoms with Crippen molar-refractivity contribution in [2.75, 3.05) is 6.61 Å². The van der Waals surface area contributed by atoms with Crippen LogP contribution in [0.5, 0.6) is 0 Å². The Morgan fingerprint density at radius 1 is 1.24 bits per heavy atom. The second kappa shape index (κ2) is 8.56. The van der Waals surface area contributed by atoms with Crippen LogP contribution in [0.3, 0.4) is 0 Å². The van der Waals surface area contributed by atoms with Gasteiger partial charge in [0.15, 0.2) is 28.2 Å². The van der Waals surface area contributed by atoms with Crippen molar-refractivity contribution in [1.29, 1.82) is 0 Å². The van der Waals surface area contributed by atoms with Gasteiger partial charge >= 0.3 is 0 Å². The summed E-state index contributed by atoms with van der Waals surface area (Å²) in [5.74, 6) is 8.93. The Morgan fingerprint density at radius 2 is 2.10 bits per heavy atom. The Labute approximate surface area is 175 Å². The van der Waals surface area contributed by atoms with Crippen molar-refractivity contribution in [1.82, 2.24) is 19.5 Å². The normalized spacial score (nSPS) is 16.8. The number of aryl methyl sites for hydroxylation is 2. The molecular weight excluding hydrogens is 388 g/mol. The molecule has 0 radical (unpaired) electrons. The van der Waals surface area contributed by atoms with Gasteiger partial charge in [0, 0.05) is 13.0 Å².